The second-order valence-electron chi connectivity index (χ2n) is 7.14. The summed E-state index contributed by atoms with van der Waals surface area (Å²) in [5.41, 5.74) is 0.782. The molecule has 0 bridgehead atoms. The van der Waals surface area contributed by atoms with Crippen molar-refractivity contribution >= 4 is 11.8 Å². The molecule has 0 radical (unpaired) electrons. The lowest BCUT2D eigenvalue weighted by Crippen LogP contribution is -2.43. The number of amides is 2. The number of ether oxygens (including phenoxy) is 1. The van der Waals surface area contributed by atoms with Crippen molar-refractivity contribution in [1.29, 1.82) is 0 Å². The van der Waals surface area contributed by atoms with Gasteiger partial charge in [-0.05, 0) is 43.4 Å². The third-order valence-corrected chi connectivity index (χ3v) is 4.90. The number of benzene rings is 1. The first-order valence-electron chi connectivity index (χ1n) is 9.17. The molecule has 2 amide bonds. The highest BCUT2D eigenvalue weighted by Crippen LogP contribution is 2.32. The molecule has 27 heavy (non-hydrogen) atoms. The maximum atomic E-state index is 12.3. The highest BCUT2D eigenvalue weighted by Gasteiger charge is 2.35. The Balaban J connectivity index is 1.39. The number of carbonyl (C=O) groups is 2. The first-order chi connectivity index (χ1) is 12.8. The summed E-state index contributed by atoms with van der Waals surface area (Å²) in [6.45, 7) is 0.224. The monoisotopic (exact) mass is 384 g/mol. The lowest BCUT2D eigenvalue weighted by atomic mass is 9.95. The van der Waals surface area contributed by atoms with Crippen LogP contribution in [0.3, 0.4) is 0 Å². The summed E-state index contributed by atoms with van der Waals surface area (Å²) >= 11 is 0. The summed E-state index contributed by atoms with van der Waals surface area (Å²) in [7, 11) is 0. The van der Waals surface area contributed by atoms with E-state index in [0.717, 1.165) is 18.4 Å². The van der Waals surface area contributed by atoms with Crippen LogP contribution in [0.2, 0.25) is 0 Å². The molecule has 2 fully saturated rings. The quantitative estimate of drug-likeness (QED) is 0.821. The number of nitrogens with zero attached hydrogens (tertiary/aromatic N) is 1. The average Bonchev–Trinajstić information content (AvgIpc) is 3.49. The molecule has 148 valence electrons. The van der Waals surface area contributed by atoms with Gasteiger partial charge >= 0.3 is 6.18 Å². The second kappa shape index (κ2) is 8.19. The molecule has 0 atom stereocenters. The van der Waals surface area contributed by atoms with Crippen molar-refractivity contribution in [3.8, 4) is 5.75 Å². The molecule has 3 rings (SSSR count). The van der Waals surface area contributed by atoms with Gasteiger partial charge in [0.2, 0.25) is 11.8 Å². The molecule has 1 aromatic rings. The Morgan fingerprint density at radius 2 is 1.67 bits per heavy atom. The molecule has 2 aliphatic rings. The molecule has 1 aromatic carbocycles. The van der Waals surface area contributed by atoms with Gasteiger partial charge in [0.15, 0.2) is 6.61 Å². The molecule has 1 saturated carbocycles. The summed E-state index contributed by atoms with van der Waals surface area (Å²) in [5.74, 6) is 0.406. The molecular formula is C19H23F3N2O3. The van der Waals surface area contributed by atoms with Crippen LogP contribution in [0.25, 0.3) is 0 Å². The Hall–Kier alpha value is -2.25. The van der Waals surface area contributed by atoms with E-state index in [0.29, 0.717) is 32.5 Å². The van der Waals surface area contributed by atoms with Crippen LogP contribution in [-0.4, -0.2) is 42.6 Å². The van der Waals surface area contributed by atoms with Gasteiger partial charge in [-0.2, -0.15) is 13.2 Å². The predicted octanol–water partition coefficient (Wildman–Crippen LogP) is 2.89. The second-order valence-corrected chi connectivity index (χ2v) is 7.14. The molecule has 0 aromatic heterocycles. The summed E-state index contributed by atoms with van der Waals surface area (Å²) in [6, 6.07) is 6.16. The molecule has 0 unspecified atom stereocenters. The minimum Gasteiger partial charge on any atom is -0.484 e. The van der Waals surface area contributed by atoms with Gasteiger partial charge in [0, 0.05) is 31.5 Å². The Morgan fingerprint density at radius 1 is 1.04 bits per heavy atom. The van der Waals surface area contributed by atoms with Crippen LogP contribution in [0, 0.1) is 11.8 Å². The number of nitrogens with one attached hydrogen (secondary N) is 1. The van der Waals surface area contributed by atoms with E-state index in [1.54, 1.807) is 12.1 Å². The lowest BCUT2D eigenvalue weighted by molar-refractivity contribution is -0.153. The summed E-state index contributed by atoms with van der Waals surface area (Å²) in [6.07, 6.45) is -1.08. The van der Waals surface area contributed by atoms with Crippen LogP contribution >= 0.6 is 0 Å². The first kappa shape index (κ1) is 19.5. The number of rotatable bonds is 6. The largest absolute Gasteiger partial charge is 0.484 e. The highest BCUT2D eigenvalue weighted by molar-refractivity contribution is 5.82. The number of hydrogen-bond acceptors (Lipinski definition) is 3. The Morgan fingerprint density at radius 3 is 2.22 bits per heavy atom. The van der Waals surface area contributed by atoms with Gasteiger partial charge < -0.3 is 15.0 Å². The summed E-state index contributed by atoms with van der Waals surface area (Å²) in [4.78, 5) is 26.2. The Labute approximate surface area is 155 Å². The molecule has 1 aliphatic carbocycles. The molecule has 1 N–H and O–H groups in total. The van der Waals surface area contributed by atoms with Crippen LogP contribution in [0.15, 0.2) is 24.3 Å². The number of hydrogen-bond donors (Lipinski definition) is 1. The van der Waals surface area contributed by atoms with E-state index in [1.807, 2.05) is 4.90 Å². The fourth-order valence-electron chi connectivity index (χ4n) is 3.15. The molecule has 1 heterocycles. The van der Waals surface area contributed by atoms with Gasteiger partial charge in [-0.1, -0.05) is 12.1 Å². The van der Waals surface area contributed by atoms with Crippen molar-refractivity contribution in [2.75, 3.05) is 19.7 Å². The number of likely N-dealkylation sites (tertiary alicyclic amines) is 1. The van der Waals surface area contributed by atoms with Crippen LogP contribution in [0.1, 0.15) is 31.2 Å². The maximum Gasteiger partial charge on any atom is 0.422 e. The van der Waals surface area contributed by atoms with Gasteiger partial charge in [-0.3, -0.25) is 9.59 Å². The van der Waals surface area contributed by atoms with Crippen molar-refractivity contribution in [3.63, 3.8) is 0 Å². The van der Waals surface area contributed by atoms with Gasteiger partial charge in [-0.25, -0.2) is 0 Å². The van der Waals surface area contributed by atoms with E-state index in [2.05, 4.69) is 10.1 Å². The third kappa shape index (κ3) is 5.87. The van der Waals surface area contributed by atoms with Crippen molar-refractivity contribution in [2.24, 2.45) is 11.8 Å². The number of halogens is 3. The van der Waals surface area contributed by atoms with E-state index in [-0.39, 0.29) is 29.4 Å². The van der Waals surface area contributed by atoms with Crippen LogP contribution in [-0.2, 0) is 16.1 Å². The van der Waals surface area contributed by atoms with Crippen molar-refractivity contribution in [2.45, 2.75) is 38.4 Å². The summed E-state index contributed by atoms with van der Waals surface area (Å²) < 4.78 is 41.0. The molecule has 1 aliphatic heterocycles. The first-order valence-corrected chi connectivity index (χ1v) is 9.17. The van der Waals surface area contributed by atoms with E-state index >= 15 is 0 Å². The van der Waals surface area contributed by atoms with E-state index in [9.17, 15) is 22.8 Å². The molecule has 1 saturated heterocycles. The molecular weight excluding hydrogens is 361 g/mol. The molecule has 5 nitrogen and oxygen atoms in total. The van der Waals surface area contributed by atoms with Crippen molar-refractivity contribution in [1.82, 2.24) is 10.2 Å². The standard InChI is InChI=1S/C19H23F3N2O3/c20-19(21,22)12-27-16-5-1-13(2-6-16)11-23-17(25)14-7-9-24(10-8-14)18(26)15-3-4-15/h1-2,5-6,14-15H,3-4,7-12H2,(H,23,25). The van der Waals surface area contributed by atoms with Gasteiger partial charge in [-0.15, -0.1) is 0 Å². The summed E-state index contributed by atoms with van der Waals surface area (Å²) in [5, 5.41) is 2.86. The minimum absolute atomic E-state index is 0.0501. The fraction of sp³-hybridized carbons (Fsp3) is 0.579. The van der Waals surface area contributed by atoms with Crippen LogP contribution < -0.4 is 10.1 Å². The number of piperidine rings is 1. The number of alkyl halides is 3. The normalized spacial score (nSPS) is 18.3. The van der Waals surface area contributed by atoms with Gasteiger partial charge in [0.25, 0.3) is 0 Å². The predicted molar refractivity (Wildman–Crippen MR) is 91.9 cm³/mol. The number of carbonyl (C=O) groups excluding carboxylic acids is 2. The fourth-order valence-corrected chi connectivity index (χ4v) is 3.15. The molecule has 0 spiro atoms. The lowest BCUT2D eigenvalue weighted by Gasteiger charge is -2.31. The van der Waals surface area contributed by atoms with Gasteiger partial charge in [0.05, 0.1) is 0 Å². The zero-order valence-electron chi connectivity index (χ0n) is 14.9. The topological polar surface area (TPSA) is 58.6 Å². The Bertz CT molecular complexity index is 664. The highest BCUT2D eigenvalue weighted by atomic mass is 19.4. The van der Waals surface area contributed by atoms with Crippen LogP contribution in [0.4, 0.5) is 13.2 Å². The van der Waals surface area contributed by atoms with Crippen molar-refractivity contribution in [3.05, 3.63) is 29.8 Å². The smallest absolute Gasteiger partial charge is 0.422 e. The van der Waals surface area contributed by atoms with E-state index in [1.165, 1.54) is 12.1 Å². The average molecular weight is 384 g/mol. The third-order valence-electron chi connectivity index (χ3n) is 4.90. The maximum absolute atomic E-state index is 12.3. The van der Waals surface area contributed by atoms with Crippen molar-refractivity contribution < 1.29 is 27.5 Å². The SMILES string of the molecule is O=C(NCc1ccc(OCC(F)(F)F)cc1)C1CCN(C(=O)C2CC2)CC1. The zero-order chi connectivity index (χ0) is 19.4. The molecule has 8 heteroatoms. The van der Waals surface area contributed by atoms with Crippen LogP contribution in [0.5, 0.6) is 5.75 Å². The van der Waals surface area contributed by atoms with E-state index < -0.39 is 12.8 Å². The minimum atomic E-state index is -4.37. The van der Waals surface area contributed by atoms with Gasteiger partial charge in [0.1, 0.15) is 5.75 Å². The Kier molecular flexibility index (Phi) is 5.92. The zero-order valence-corrected chi connectivity index (χ0v) is 14.9. The van der Waals surface area contributed by atoms with E-state index in [4.69, 9.17) is 0 Å².